The van der Waals surface area contributed by atoms with Crippen molar-refractivity contribution in [3.63, 3.8) is 0 Å². The first-order chi connectivity index (χ1) is 8.19. The highest BCUT2D eigenvalue weighted by atomic mass is 32.1. The summed E-state index contributed by atoms with van der Waals surface area (Å²) in [4.78, 5) is 9.96. The van der Waals surface area contributed by atoms with Gasteiger partial charge in [-0.05, 0) is 36.9 Å². The van der Waals surface area contributed by atoms with Crippen LogP contribution in [0.4, 0.5) is 0 Å². The van der Waals surface area contributed by atoms with Crippen LogP contribution >= 0.6 is 11.3 Å². The highest BCUT2D eigenvalue weighted by molar-refractivity contribution is 7.18. The standard InChI is InChI=1S/C13H19N3S/c1-9(2)6-10(8-14)7-12-16-11-4-3-5-15-13(11)17-12/h3-5,9-10H,6-8,14H2,1-2H3. The van der Waals surface area contributed by atoms with E-state index in [1.165, 1.54) is 6.42 Å². The lowest BCUT2D eigenvalue weighted by atomic mass is 9.94. The molecule has 2 aromatic heterocycles. The van der Waals surface area contributed by atoms with Gasteiger partial charge in [0.15, 0.2) is 0 Å². The van der Waals surface area contributed by atoms with Crippen molar-refractivity contribution in [1.82, 2.24) is 9.97 Å². The second kappa shape index (κ2) is 5.56. The van der Waals surface area contributed by atoms with Crippen molar-refractivity contribution in [2.45, 2.75) is 26.7 Å². The molecule has 2 aromatic rings. The molecule has 17 heavy (non-hydrogen) atoms. The zero-order chi connectivity index (χ0) is 12.3. The van der Waals surface area contributed by atoms with Crippen LogP contribution in [0.1, 0.15) is 25.3 Å². The van der Waals surface area contributed by atoms with Crippen molar-refractivity contribution in [2.75, 3.05) is 6.54 Å². The van der Waals surface area contributed by atoms with Crippen molar-refractivity contribution in [2.24, 2.45) is 17.6 Å². The molecular weight excluding hydrogens is 230 g/mol. The Morgan fingerprint density at radius 3 is 2.88 bits per heavy atom. The average Bonchev–Trinajstić information content (AvgIpc) is 2.69. The lowest BCUT2D eigenvalue weighted by Crippen LogP contribution is -2.18. The number of aromatic nitrogens is 2. The molecule has 0 aliphatic carbocycles. The third kappa shape index (κ3) is 3.23. The van der Waals surface area contributed by atoms with E-state index < -0.39 is 0 Å². The highest BCUT2D eigenvalue weighted by Gasteiger charge is 2.13. The second-order valence-corrected chi connectivity index (χ2v) is 5.93. The third-order valence-electron chi connectivity index (χ3n) is 2.81. The maximum Gasteiger partial charge on any atom is 0.143 e. The van der Waals surface area contributed by atoms with Crippen LogP contribution < -0.4 is 5.73 Å². The van der Waals surface area contributed by atoms with E-state index >= 15 is 0 Å². The fourth-order valence-corrected chi connectivity index (χ4v) is 3.10. The van der Waals surface area contributed by atoms with Crippen LogP contribution in [0, 0.1) is 11.8 Å². The van der Waals surface area contributed by atoms with Gasteiger partial charge in [-0.3, -0.25) is 0 Å². The Kier molecular flexibility index (Phi) is 4.07. The lowest BCUT2D eigenvalue weighted by molar-refractivity contribution is 0.415. The van der Waals surface area contributed by atoms with Crippen molar-refractivity contribution in [3.8, 4) is 0 Å². The predicted octanol–water partition coefficient (Wildman–Crippen LogP) is 2.85. The number of thiazole rings is 1. The number of hydrogen-bond acceptors (Lipinski definition) is 4. The van der Waals surface area contributed by atoms with Gasteiger partial charge in [-0.15, -0.1) is 0 Å². The Morgan fingerprint density at radius 2 is 2.24 bits per heavy atom. The molecule has 0 saturated heterocycles. The summed E-state index contributed by atoms with van der Waals surface area (Å²) in [5.41, 5.74) is 6.83. The van der Waals surface area contributed by atoms with Crippen molar-refractivity contribution >= 4 is 21.7 Å². The van der Waals surface area contributed by atoms with Gasteiger partial charge in [-0.2, -0.15) is 0 Å². The molecule has 0 amide bonds. The van der Waals surface area contributed by atoms with Crippen molar-refractivity contribution < 1.29 is 0 Å². The third-order valence-corrected chi connectivity index (χ3v) is 3.81. The van der Waals surface area contributed by atoms with Gasteiger partial charge in [0.25, 0.3) is 0 Å². The molecule has 0 saturated carbocycles. The highest BCUT2D eigenvalue weighted by Crippen LogP contribution is 2.23. The summed E-state index contributed by atoms with van der Waals surface area (Å²) in [7, 11) is 0. The molecule has 2 rings (SSSR count). The number of pyridine rings is 1. The van der Waals surface area contributed by atoms with E-state index in [0.29, 0.717) is 11.8 Å². The van der Waals surface area contributed by atoms with Gasteiger partial charge in [0, 0.05) is 12.6 Å². The SMILES string of the molecule is CC(C)CC(CN)Cc1nc2cccnc2s1. The monoisotopic (exact) mass is 249 g/mol. The largest absolute Gasteiger partial charge is 0.330 e. The molecule has 0 aliphatic heterocycles. The van der Waals surface area contributed by atoms with Gasteiger partial charge in [0.05, 0.1) is 5.01 Å². The molecule has 0 aliphatic rings. The lowest BCUT2D eigenvalue weighted by Gasteiger charge is -2.15. The minimum atomic E-state index is 0.538. The molecule has 0 fully saturated rings. The van der Waals surface area contributed by atoms with E-state index in [4.69, 9.17) is 5.73 Å². The van der Waals surface area contributed by atoms with Crippen molar-refractivity contribution in [1.29, 1.82) is 0 Å². The summed E-state index contributed by atoms with van der Waals surface area (Å²) in [5.74, 6) is 1.23. The first kappa shape index (κ1) is 12.5. The maximum atomic E-state index is 5.82. The normalized spacial score (nSPS) is 13.4. The number of hydrogen-bond donors (Lipinski definition) is 1. The van der Waals surface area contributed by atoms with Gasteiger partial charge < -0.3 is 5.73 Å². The van der Waals surface area contributed by atoms with Crippen LogP contribution in [0.5, 0.6) is 0 Å². The summed E-state index contributed by atoms with van der Waals surface area (Å²) in [6.07, 6.45) is 3.97. The van der Waals surface area contributed by atoms with Gasteiger partial charge in [-0.25, -0.2) is 9.97 Å². The fraction of sp³-hybridized carbons (Fsp3) is 0.538. The van der Waals surface area contributed by atoms with Crippen LogP contribution in [0.3, 0.4) is 0 Å². The zero-order valence-corrected chi connectivity index (χ0v) is 11.2. The topological polar surface area (TPSA) is 51.8 Å². The van der Waals surface area contributed by atoms with E-state index in [1.807, 2.05) is 18.3 Å². The molecule has 3 nitrogen and oxygen atoms in total. The average molecular weight is 249 g/mol. The summed E-state index contributed by atoms with van der Waals surface area (Å²) >= 11 is 1.69. The molecule has 1 unspecified atom stereocenters. The Balaban J connectivity index is 2.11. The van der Waals surface area contributed by atoms with Gasteiger partial charge in [0.1, 0.15) is 10.3 Å². The van der Waals surface area contributed by atoms with Crippen LogP contribution in [0.2, 0.25) is 0 Å². The molecule has 1 atom stereocenters. The molecule has 2 N–H and O–H groups in total. The molecule has 0 spiro atoms. The fourth-order valence-electron chi connectivity index (χ4n) is 2.08. The number of nitrogens with zero attached hydrogens (tertiary/aromatic N) is 2. The summed E-state index contributed by atoms with van der Waals surface area (Å²) in [6, 6.07) is 3.95. The molecule has 0 bridgehead atoms. The van der Waals surface area contributed by atoms with Crippen LogP contribution in [0.25, 0.3) is 10.3 Å². The van der Waals surface area contributed by atoms with Crippen LogP contribution in [-0.4, -0.2) is 16.5 Å². The van der Waals surface area contributed by atoms with E-state index in [-0.39, 0.29) is 0 Å². The molecule has 4 heteroatoms. The summed E-state index contributed by atoms with van der Waals surface area (Å²) in [6.45, 7) is 5.21. The predicted molar refractivity (Wildman–Crippen MR) is 73.1 cm³/mol. The summed E-state index contributed by atoms with van der Waals surface area (Å²) < 4.78 is 0. The van der Waals surface area contributed by atoms with E-state index in [0.717, 1.165) is 28.3 Å². The molecule has 2 heterocycles. The maximum absolute atomic E-state index is 5.82. The minimum Gasteiger partial charge on any atom is -0.330 e. The smallest absolute Gasteiger partial charge is 0.143 e. The number of rotatable bonds is 5. The van der Waals surface area contributed by atoms with Crippen molar-refractivity contribution in [3.05, 3.63) is 23.3 Å². The molecule has 0 aromatic carbocycles. The van der Waals surface area contributed by atoms with E-state index in [1.54, 1.807) is 11.3 Å². The number of nitrogens with two attached hydrogens (primary N) is 1. The van der Waals surface area contributed by atoms with E-state index in [2.05, 4.69) is 23.8 Å². The zero-order valence-electron chi connectivity index (χ0n) is 10.4. The first-order valence-electron chi connectivity index (χ1n) is 6.09. The Hall–Kier alpha value is -1.00. The summed E-state index contributed by atoms with van der Waals surface area (Å²) in [5, 5.41) is 1.16. The van der Waals surface area contributed by atoms with Crippen LogP contribution in [-0.2, 0) is 6.42 Å². The molecular formula is C13H19N3S. The Morgan fingerprint density at radius 1 is 1.41 bits per heavy atom. The van der Waals surface area contributed by atoms with Gasteiger partial charge in [0.2, 0.25) is 0 Å². The number of fused-ring (bicyclic) bond motifs is 1. The minimum absolute atomic E-state index is 0.538. The second-order valence-electron chi connectivity index (χ2n) is 4.87. The first-order valence-corrected chi connectivity index (χ1v) is 6.91. The van der Waals surface area contributed by atoms with Crippen LogP contribution in [0.15, 0.2) is 18.3 Å². The quantitative estimate of drug-likeness (QED) is 0.886. The molecule has 0 radical (unpaired) electrons. The Bertz CT molecular complexity index is 445. The van der Waals surface area contributed by atoms with Gasteiger partial charge >= 0.3 is 0 Å². The Labute approximate surface area is 106 Å². The van der Waals surface area contributed by atoms with E-state index in [9.17, 15) is 0 Å². The molecule has 92 valence electrons. The van der Waals surface area contributed by atoms with Gasteiger partial charge in [-0.1, -0.05) is 25.2 Å².